The van der Waals surface area contributed by atoms with Crippen LogP contribution in [0.5, 0.6) is 11.5 Å². The maximum atomic E-state index is 12.5. The molecule has 3 heterocycles. The van der Waals surface area contributed by atoms with Gasteiger partial charge >= 0.3 is 0 Å². The Labute approximate surface area is 170 Å². The average Bonchev–Trinajstić information content (AvgIpc) is 3.33. The van der Waals surface area contributed by atoms with Crippen molar-refractivity contribution in [2.45, 2.75) is 18.6 Å². The van der Waals surface area contributed by atoms with E-state index in [-0.39, 0.29) is 24.0 Å². The molecule has 9 nitrogen and oxygen atoms in total. The van der Waals surface area contributed by atoms with E-state index in [1.807, 2.05) is 6.92 Å². The number of ether oxygens (including phenoxy) is 2. The van der Waals surface area contributed by atoms with Crippen molar-refractivity contribution in [1.82, 2.24) is 19.3 Å². The SMILES string of the molecule is CCn1cccc(-c2nnc(SCC(=O)Nc3ccc4c(c3)OCO4)n2C)c1=O. The molecule has 4 rings (SSSR count). The van der Waals surface area contributed by atoms with Crippen molar-refractivity contribution in [2.24, 2.45) is 7.05 Å². The predicted octanol–water partition coefficient (Wildman–Crippen LogP) is 2.12. The number of benzene rings is 1. The summed E-state index contributed by atoms with van der Waals surface area (Å²) in [5, 5.41) is 11.6. The number of aromatic nitrogens is 4. The number of amides is 1. The molecule has 0 atom stereocenters. The van der Waals surface area contributed by atoms with E-state index >= 15 is 0 Å². The monoisotopic (exact) mass is 413 g/mol. The van der Waals surface area contributed by atoms with E-state index in [9.17, 15) is 9.59 Å². The van der Waals surface area contributed by atoms with Crippen LogP contribution in [-0.4, -0.2) is 37.8 Å². The Morgan fingerprint density at radius 2 is 2.07 bits per heavy atom. The molecule has 1 aliphatic heterocycles. The summed E-state index contributed by atoms with van der Waals surface area (Å²) in [5.74, 6) is 1.69. The number of fused-ring (bicyclic) bond motifs is 1. The highest BCUT2D eigenvalue weighted by Gasteiger charge is 2.17. The van der Waals surface area contributed by atoms with Crippen LogP contribution in [0, 0.1) is 0 Å². The van der Waals surface area contributed by atoms with E-state index in [0.29, 0.717) is 40.3 Å². The minimum atomic E-state index is -0.188. The summed E-state index contributed by atoms with van der Waals surface area (Å²) >= 11 is 1.24. The fraction of sp³-hybridized carbons (Fsp3) is 0.263. The van der Waals surface area contributed by atoms with Gasteiger partial charge < -0.3 is 23.9 Å². The molecule has 0 fully saturated rings. The lowest BCUT2D eigenvalue weighted by Gasteiger charge is -2.07. The number of nitrogens with one attached hydrogen (secondary N) is 1. The second-order valence-corrected chi connectivity index (χ2v) is 7.23. The molecule has 0 saturated heterocycles. The van der Waals surface area contributed by atoms with E-state index in [1.165, 1.54) is 11.8 Å². The number of nitrogens with zero attached hydrogens (tertiary/aromatic N) is 4. The summed E-state index contributed by atoms with van der Waals surface area (Å²) in [6.45, 7) is 2.66. The van der Waals surface area contributed by atoms with Crippen molar-refractivity contribution in [2.75, 3.05) is 17.9 Å². The van der Waals surface area contributed by atoms with Crippen molar-refractivity contribution < 1.29 is 14.3 Å². The smallest absolute Gasteiger partial charge is 0.261 e. The fourth-order valence-corrected chi connectivity index (χ4v) is 3.64. The Kier molecular flexibility index (Phi) is 5.26. The molecule has 0 saturated carbocycles. The van der Waals surface area contributed by atoms with Crippen LogP contribution in [0.1, 0.15) is 6.92 Å². The number of rotatable bonds is 6. The van der Waals surface area contributed by atoms with Crippen molar-refractivity contribution in [3.8, 4) is 22.9 Å². The molecule has 0 spiro atoms. The normalized spacial score (nSPS) is 12.2. The Morgan fingerprint density at radius 1 is 1.24 bits per heavy atom. The molecule has 1 aliphatic rings. The van der Waals surface area contributed by atoms with Crippen LogP contribution in [0.3, 0.4) is 0 Å². The van der Waals surface area contributed by atoms with Crippen LogP contribution in [0.2, 0.25) is 0 Å². The summed E-state index contributed by atoms with van der Waals surface area (Å²) in [7, 11) is 1.77. The minimum absolute atomic E-state index is 0.123. The third-order valence-electron chi connectivity index (χ3n) is 4.43. The maximum absolute atomic E-state index is 12.5. The second-order valence-electron chi connectivity index (χ2n) is 6.28. The van der Waals surface area contributed by atoms with Crippen molar-refractivity contribution in [1.29, 1.82) is 0 Å². The van der Waals surface area contributed by atoms with Crippen molar-refractivity contribution in [3.05, 3.63) is 46.9 Å². The lowest BCUT2D eigenvalue weighted by Crippen LogP contribution is -2.20. The number of hydrogen-bond acceptors (Lipinski definition) is 7. The minimum Gasteiger partial charge on any atom is -0.454 e. The van der Waals surface area contributed by atoms with Gasteiger partial charge in [-0.15, -0.1) is 10.2 Å². The van der Waals surface area contributed by atoms with Crippen LogP contribution in [0.25, 0.3) is 11.4 Å². The van der Waals surface area contributed by atoms with Crippen LogP contribution < -0.4 is 20.3 Å². The Balaban J connectivity index is 1.43. The van der Waals surface area contributed by atoms with Gasteiger partial charge in [-0.05, 0) is 31.2 Å². The van der Waals surface area contributed by atoms with Gasteiger partial charge in [0, 0.05) is 31.5 Å². The zero-order valence-corrected chi connectivity index (χ0v) is 16.7. The molecule has 0 unspecified atom stereocenters. The first-order chi connectivity index (χ1) is 14.1. The molecule has 2 aromatic heterocycles. The summed E-state index contributed by atoms with van der Waals surface area (Å²) in [4.78, 5) is 24.8. The maximum Gasteiger partial charge on any atom is 0.261 e. The molecule has 10 heteroatoms. The second kappa shape index (κ2) is 8.00. The first-order valence-electron chi connectivity index (χ1n) is 8.98. The number of carbonyl (C=O) groups is 1. The quantitative estimate of drug-likeness (QED) is 0.618. The molecule has 0 radical (unpaired) electrons. The Morgan fingerprint density at radius 3 is 2.90 bits per heavy atom. The highest BCUT2D eigenvalue weighted by Crippen LogP contribution is 2.34. The average molecular weight is 413 g/mol. The largest absolute Gasteiger partial charge is 0.454 e. The van der Waals surface area contributed by atoms with Gasteiger partial charge in [-0.25, -0.2) is 0 Å². The van der Waals surface area contributed by atoms with Crippen LogP contribution >= 0.6 is 11.8 Å². The predicted molar refractivity (Wildman–Crippen MR) is 108 cm³/mol. The van der Waals surface area contributed by atoms with E-state index in [2.05, 4.69) is 15.5 Å². The number of hydrogen-bond donors (Lipinski definition) is 1. The molecule has 0 bridgehead atoms. The first-order valence-corrected chi connectivity index (χ1v) is 9.97. The molecule has 1 N–H and O–H groups in total. The number of anilines is 1. The van der Waals surface area contributed by atoms with E-state index in [1.54, 1.807) is 52.7 Å². The Hall–Kier alpha value is -3.27. The lowest BCUT2D eigenvalue weighted by atomic mass is 10.2. The Bertz CT molecular complexity index is 1120. The molecule has 1 amide bonds. The topological polar surface area (TPSA) is 100 Å². The summed E-state index contributed by atoms with van der Waals surface area (Å²) in [6.07, 6.45) is 1.73. The van der Waals surface area contributed by atoms with Crippen LogP contribution in [0.15, 0.2) is 46.5 Å². The molecule has 1 aromatic carbocycles. The van der Waals surface area contributed by atoms with Gasteiger partial charge in [-0.2, -0.15) is 0 Å². The van der Waals surface area contributed by atoms with E-state index in [4.69, 9.17) is 9.47 Å². The highest BCUT2D eigenvalue weighted by atomic mass is 32.2. The number of carbonyl (C=O) groups excluding carboxylic acids is 1. The van der Waals surface area contributed by atoms with Crippen LogP contribution in [-0.2, 0) is 18.4 Å². The summed E-state index contributed by atoms with van der Waals surface area (Å²) in [6, 6.07) is 8.76. The fourth-order valence-electron chi connectivity index (χ4n) is 2.93. The van der Waals surface area contributed by atoms with Gasteiger partial charge in [-0.3, -0.25) is 9.59 Å². The molecular formula is C19H19N5O4S. The van der Waals surface area contributed by atoms with Crippen molar-refractivity contribution in [3.63, 3.8) is 0 Å². The van der Waals surface area contributed by atoms with E-state index in [0.717, 1.165) is 0 Å². The highest BCUT2D eigenvalue weighted by molar-refractivity contribution is 7.99. The van der Waals surface area contributed by atoms with Gasteiger partial charge in [0.15, 0.2) is 22.5 Å². The summed E-state index contributed by atoms with van der Waals surface area (Å²) in [5.41, 5.74) is 0.978. The van der Waals surface area contributed by atoms with Gasteiger partial charge in [0.25, 0.3) is 5.56 Å². The van der Waals surface area contributed by atoms with Gasteiger partial charge in [0.05, 0.1) is 11.3 Å². The lowest BCUT2D eigenvalue weighted by molar-refractivity contribution is -0.113. The standard InChI is InChI=1S/C19H19N5O4S/c1-3-24-8-4-5-13(18(24)26)17-21-22-19(23(17)2)29-10-16(25)20-12-6-7-14-15(9-12)28-11-27-14/h4-9H,3,10-11H2,1-2H3,(H,20,25). The third-order valence-corrected chi connectivity index (χ3v) is 5.45. The van der Waals surface area contributed by atoms with Crippen molar-refractivity contribution >= 4 is 23.4 Å². The molecule has 0 aliphatic carbocycles. The first kappa shape index (κ1) is 19.1. The molecule has 150 valence electrons. The van der Waals surface area contributed by atoms with E-state index < -0.39 is 0 Å². The molecule has 29 heavy (non-hydrogen) atoms. The third kappa shape index (κ3) is 3.83. The number of thioether (sulfide) groups is 1. The zero-order valence-electron chi connectivity index (χ0n) is 15.9. The van der Waals surface area contributed by atoms with Gasteiger partial charge in [-0.1, -0.05) is 11.8 Å². The zero-order chi connectivity index (χ0) is 20.4. The number of pyridine rings is 1. The molecule has 3 aromatic rings. The summed E-state index contributed by atoms with van der Waals surface area (Å²) < 4.78 is 13.9. The molecular weight excluding hydrogens is 394 g/mol. The van der Waals surface area contributed by atoms with Crippen LogP contribution in [0.4, 0.5) is 5.69 Å². The van der Waals surface area contributed by atoms with Gasteiger partial charge in [0.2, 0.25) is 12.7 Å². The van der Waals surface area contributed by atoms with Gasteiger partial charge in [0.1, 0.15) is 0 Å². The number of aryl methyl sites for hydroxylation is 1.